The number of nitrogens with one attached hydrogen (secondary N) is 2. The molecule has 1 aromatic carbocycles. The molecule has 1 aliphatic heterocycles. The van der Waals surface area contributed by atoms with Crippen molar-refractivity contribution in [3.63, 3.8) is 0 Å². The topological polar surface area (TPSA) is 78.5 Å². The molecule has 2 rings (SSSR count). The van der Waals surface area contributed by atoms with Crippen molar-refractivity contribution in [3.05, 3.63) is 18.2 Å². The minimum atomic E-state index is -3.56. The molecule has 134 valence electrons. The van der Waals surface area contributed by atoms with Gasteiger partial charge in [0, 0.05) is 23.6 Å². The molecule has 0 aromatic heterocycles. The van der Waals surface area contributed by atoms with Crippen molar-refractivity contribution in [1.82, 2.24) is 9.62 Å². The second-order valence-corrected chi connectivity index (χ2v) is 8.49. The number of amides is 1. The van der Waals surface area contributed by atoms with E-state index >= 15 is 0 Å². The number of thioether (sulfide) groups is 1. The first-order valence-electron chi connectivity index (χ1n) is 8.25. The highest BCUT2D eigenvalue weighted by Crippen LogP contribution is 2.32. The standard InChI is InChI=1S/C16H25N3O3S2/c1-3-19(4-2)10-5-9-17-24(21,22)13-6-7-15-14(12-13)18-16(20)8-11-23-15/h6-7,12,17H,3-5,8-11H2,1-2H3,(H,18,20). The minimum Gasteiger partial charge on any atom is -0.325 e. The molecule has 1 heterocycles. The molecule has 0 spiro atoms. The lowest BCUT2D eigenvalue weighted by molar-refractivity contribution is -0.115. The largest absolute Gasteiger partial charge is 0.325 e. The van der Waals surface area contributed by atoms with Crippen LogP contribution in [-0.2, 0) is 14.8 Å². The number of rotatable bonds is 8. The molecule has 0 aliphatic carbocycles. The molecular formula is C16H25N3O3S2. The van der Waals surface area contributed by atoms with E-state index in [-0.39, 0.29) is 10.8 Å². The number of nitrogens with zero attached hydrogens (tertiary/aromatic N) is 1. The van der Waals surface area contributed by atoms with Gasteiger partial charge in [0.25, 0.3) is 0 Å². The van der Waals surface area contributed by atoms with Crippen LogP contribution >= 0.6 is 11.8 Å². The molecule has 6 nitrogen and oxygen atoms in total. The number of fused-ring (bicyclic) bond motifs is 1. The van der Waals surface area contributed by atoms with Crippen molar-refractivity contribution in [2.45, 2.75) is 36.5 Å². The van der Waals surface area contributed by atoms with Crippen molar-refractivity contribution in [1.29, 1.82) is 0 Å². The maximum absolute atomic E-state index is 12.4. The normalized spacial score (nSPS) is 15.0. The van der Waals surface area contributed by atoms with Crippen molar-refractivity contribution in [3.8, 4) is 0 Å². The van der Waals surface area contributed by atoms with Crippen LogP contribution in [0.1, 0.15) is 26.7 Å². The smallest absolute Gasteiger partial charge is 0.240 e. The van der Waals surface area contributed by atoms with E-state index in [1.165, 1.54) is 6.07 Å². The van der Waals surface area contributed by atoms with Crippen molar-refractivity contribution >= 4 is 33.4 Å². The number of anilines is 1. The van der Waals surface area contributed by atoms with Gasteiger partial charge in [-0.1, -0.05) is 13.8 Å². The molecule has 0 fully saturated rings. The van der Waals surface area contributed by atoms with Crippen LogP contribution in [0.15, 0.2) is 28.0 Å². The summed E-state index contributed by atoms with van der Waals surface area (Å²) in [5.41, 5.74) is 0.577. The third-order valence-electron chi connectivity index (χ3n) is 3.96. The summed E-state index contributed by atoms with van der Waals surface area (Å²) < 4.78 is 27.5. The van der Waals surface area contributed by atoms with Gasteiger partial charge in [-0.25, -0.2) is 13.1 Å². The summed E-state index contributed by atoms with van der Waals surface area (Å²) >= 11 is 1.56. The van der Waals surface area contributed by atoms with Gasteiger partial charge in [-0.15, -0.1) is 11.8 Å². The third kappa shape index (κ3) is 5.20. The molecule has 0 saturated carbocycles. The highest BCUT2D eigenvalue weighted by Gasteiger charge is 2.19. The molecule has 0 atom stereocenters. The van der Waals surface area contributed by atoms with E-state index in [4.69, 9.17) is 0 Å². The number of carbonyl (C=O) groups is 1. The lowest BCUT2D eigenvalue weighted by atomic mass is 10.3. The monoisotopic (exact) mass is 371 g/mol. The number of sulfonamides is 1. The van der Waals surface area contributed by atoms with Gasteiger partial charge in [0.05, 0.1) is 10.6 Å². The zero-order chi connectivity index (χ0) is 17.6. The van der Waals surface area contributed by atoms with Crippen LogP contribution in [0, 0.1) is 0 Å². The van der Waals surface area contributed by atoms with Crippen LogP contribution < -0.4 is 10.0 Å². The van der Waals surface area contributed by atoms with E-state index < -0.39 is 10.0 Å². The predicted molar refractivity (Wildman–Crippen MR) is 98.0 cm³/mol. The van der Waals surface area contributed by atoms with E-state index in [9.17, 15) is 13.2 Å². The Kier molecular flexibility index (Phi) is 7.09. The molecule has 0 radical (unpaired) electrons. The average molecular weight is 372 g/mol. The van der Waals surface area contributed by atoms with Gasteiger partial charge in [0.2, 0.25) is 15.9 Å². The Morgan fingerprint density at radius 3 is 2.75 bits per heavy atom. The maximum atomic E-state index is 12.4. The second-order valence-electron chi connectivity index (χ2n) is 5.58. The number of benzene rings is 1. The Balaban J connectivity index is 2.00. The second kappa shape index (κ2) is 8.84. The average Bonchev–Trinajstić information content (AvgIpc) is 2.74. The van der Waals surface area contributed by atoms with E-state index in [0.29, 0.717) is 24.4 Å². The molecule has 8 heteroatoms. The summed E-state index contributed by atoms with van der Waals surface area (Å²) in [6, 6.07) is 4.89. The zero-order valence-electron chi connectivity index (χ0n) is 14.2. The Labute approximate surface area is 148 Å². The highest BCUT2D eigenvalue weighted by molar-refractivity contribution is 7.99. The summed E-state index contributed by atoms with van der Waals surface area (Å²) in [4.78, 5) is 15.0. The number of carbonyl (C=O) groups excluding carboxylic acids is 1. The fraction of sp³-hybridized carbons (Fsp3) is 0.562. The van der Waals surface area contributed by atoms with E-state index in [2.05, 4.69) is 28.8 Å². The van der Waals surface area contributed by atoms with E-state index in [1.807, 2.05) is 0 Å². The molecule has 0 bridgehead atoms. The highest BCUT2D eigenvalue weighted by atomic mass is 32.2. The van der Waals surface area contributed by atoms with Crippen LogP contribution in [0.25, 0.3) is 0 Å². The SMILES string of the molecule is CCN(CC)CCCNS(=O)(=O)c1ccc2c(c1)NC(=O)CCS2. The fourth-order valence-corrected chi connectivity index (χ4v) is 4.54. The van der Waals surface area contributed by atoms with Gasteiger partial charge < -0.3 is 10.2 Å². The third-order valence-corrected chi connectivity index (χ3v) is 6.49. The molecular weight excluding hydrogens is 346 g/mol. The van der Waals surface area contributed by atoms with Crippen LogP contribution in [0.5, 0.6) is 0 Å². The molecule has 0 saturated heterocycles. The zero-order valence-corrected chi connectivity index (χ0v) is 15.8. The van der Waals surface area contributed by atoms with Crippen LogP contribution in [0.2, 0.25) is 0 Å². The summed E-state index contributed by atoms with van der Waals surface area (Å²) in [6.45, 7) is 7.38. The van der Waals surface area contributed by atoms with Gasteiger partial charge >= 0.3 is 0 Å². The molecule has 24 heavy (non-hydrogen) atoms. The van der Waals surface area contributed by atoms with Crippen LogP contribution in [0.4, 0.5) is 5.69 Å². The fourth-order valence-electron chi connectivity index (χ4n) is 2.50. The summed E-state index contributed by atoms with van der Waals surface area (Å²) in [7, 11) is -3.56. The number of hydrogen-bond donors (Lipinski definition) is 2. The Morgan fingerprint density at radius 2 is 2.04 bits per heavy atom. The van der Waals surface area contributed by atoms with Gasteiger partial charge in [-0.3, -0.25) is 4.79 Å². The summed E-state index contributed by atoms with van der Waals surface area (Å²) in [5.74, 6) is 0.622. The van der Waals surface area contributed by atoms with Gasteiger partial charge in [0.1, 0.15) is 0 Å². The maximum Gasteiger partial charge on any atom is 0.240 e. The molecule has 1 aliphatic rings. The van der Waals surface area contributed by atoms with Gasteiger partial charge in [0.15, 0.2) is 0 Å². The van der Waals surface area contributed by atoms with Crippen LogP contribution in [-0.4, -0.2) is 51.2 Å². The van der Waals surface area contributed by atoms with Gasteiger partial charge in [-0.05, 0) is 44.3 Å². The summed E-state index contributed by atoms with van der Waals surface area (Å²) in [6.07, 6.45) is 1.20. The Morgan fingerprint density at radius 1 is 1.29 bits per heavy atom. The minimum absolute atomic E-state index is 0.0806. The van der Waals surface area contributed by atoms with Crippen molar-refractivity contribution < 1.29 is 13.2 Å². The first-order chi connectivity index (χ1) is 11.5. The molecule has 1 aromatic rings. The van der Waals surface area contributed by atoms with Crippen molar-refractivity contribution in [2.24, 2.45) is 0 Å². The Hall–Kier alpha value is -1.09. The number of hydrogen-bond acceptors (Lipinski definition) is 5. The quantitative estimate of drug-likeness (QED) is 0.685. The van der Waals surface area contributed by atoms with Gasteiger partial charge in [-0.2, -0.15) is 0 Å². The molecule has 2 N–H and O–H groups in total. The summed E-state index contributed by atoms with van der Waals surface area (Å²) in [5, 5.41) is 2.77. The lowest BCUT2D eigenvalue weighted by Crippen LogP contribution is -2.30. The van der Waals surface area contributed by atoms with Crippen molar-refractivity contribution in [2.75, 3.05) is 37.2 Å². The molecule has 0 unspecified atom stereocenters. The Bertz CT molecular complexity index is 673. The predicted octanol–water partition coefficient (Wildman–Crippen LogP) is 2.13. The first-order valence-corrected chi connectivity index (χ1v) is 10.7. The lowest BCUT2D eigenvalue weighted by Gasteiger charge is -2.17. The first kappa shape index (κ1) is 19.2. The van der Waals surface area contributed by atoms with E-state index in [1.54, 1.807) is 23.9 Å². The molecule has 1 amide bonds. The van der Waals surface area contributed by atoms with Crippen LogP contribution in [0.3, 0.4) is 0 Å². The van der Waals surface area contributed by atoms with E-state index in [0.717, 1.165) is 31.0 Å².